The molecule has 50 heavy (non-hydrogen) atoms. The predicted octanol–water partition coefficient (Wildman–Crippen LogP) is 6.66. The molecule has 2 aromatic heterocycles. The van der Waals surface area contributed by atoms with E-state index in [9.17, 15) is 23.5 Å². The molecule has 4 heterocycles. The number of carbonyl (C=O) groups excluding carboxylic acids is 3. The fraction of sp³-hybridized carbons (Fsp3) is 0.222. The summed E-state index contributed by atoms with van der Waals surface area (Å²) in [6.45, 7) is 4.49. The van der Waals surface area contributed by atoms with E-state index in [2.05, 4.69) is 20.7 Å². The number of fused-ring (bicyclic) bond motifs is 2. The van der Waals surface area contributed by atoms with Crippen LogP contribution in [0.3, 0.4) is 0 Å². The minimum absolute atomic E-state index is 0.137. The maximum absolute atomic E-state index is 13.7. The van der Waals surface area contributed by atoms with Crippen LogP contribution in [0, 0.1) is 13.8 Å². The minimum Gasteiger partial charge on any atom is -0.497 e. The van der Waals surface area contributed by atoms with Crippen LogP contribution in [0.4, 0.5) is 16.2 Å². The Morgan fingerprint density at radius 3 is 2.38 bits per heavy atom. The van der Waals surface area contributed by atoms with Crippen LogP contribution in [0.1, 0.15) is 37.7 Å². The van der Waals surface area contributed by atoms with Gasteiger partial charge in [-0.3, -0.25) is 23.4 Å². The van der Waals surface area contributed by atoms with Gasteiger partial charge in [-0.25, -0.2) is 4.79 Å². The van der Waals surface area contributed by atoms with E-state index in [4.69, 9.17) is 9.47 Å². The molecule has 5 aromatic rings. The highest BCUT2D eigenvalue weighted by molar-refractivity contribution is 8.24. The van der Waals surface area contributed by atoms with Crippen molar-refractivity contribution in [3.05, 3.63) is 94.5 Å². The van der Waals surface area contributed by atoms with E-state index in [-0.39, 0.29) is 42.0 Å². The van der Waals surface area contributed by atoms with E-state index in [1.165, 1.54) is 0 Å². The topological polar surface area (TPSA) is 171 Å². The van der Waals surface area contributed by atoms with Crippen molar-refractivity contribution >= 4 is 56.7 Å². The number of hydrogen-bond acceptors (Lipinski definition) is 8. The zero-order valence-electron chi connectivity index (χ0n) is 27.9. The summed E-state index contributed by atoms with van der Waals surface area (Å²) in [5.74, 6) is 0.982. The molecule has 0 aliphatic carbocycles. The third kappa shape index (κ3) is 6.19. The number of hydrogen-bond donors (Lipinski definition) is 5. The number of benzene rings is 3. The molecule has 1 fully saturated rings. The number of Topliss-reactive ketones (excluding diaryl/α,β-unsaturated/α-hetero) is 1. The minimum atomic E-state index is -2.60. The maximum Gasteiger partial charge on any atom is 0.323 e. The second-order valence-corrected chi connectivity index (χ2v) is 14.7. The van der Waals surface area contributed by atoms with Crippen LogP contribution in [0.25, 0.3) is 28.2 Å². The number of allylic oxidation sites excluding steroid dienone is 1. The molecular weight excluding hydrogens is 660 g/mol. The zero-order chi connectivity index (χ0) is 35.3. The molecule has 7 rings (SSSR count). The fourth-order valence-electron chi connectivity index (χ4n) is 6.30. The highest BCUT2D eigenvalue weighted by Crippen LogP contribution is 2.41. The van der Waals surface area contributed by atoms with Gasteiger partial charge in [0.15, 0.2) is 5.76 Å². The van der Waals surface area contributed by atoms with Gasteiger partial charge in [0.2, 0.25) is 5.78 Å². The van der Waals surface area contributed by atoms with E-state index in [1.54, 1.807) is 60.6 Å². The number of anilines is 2. The number of ether oxygens (including phenoxy) is 2. The summed E-state index contributed by atoms with van der Waals surface area (Å²) in [6, 6.07) is 16.5. The molecule has 14 heteroatoms. The summed E-state index contributed by atoms with van der Waals surface area (Å²) >= 11 is 0. The second-order valence-electron chi connectivity index (χ2n) is 12.3. The number of nitrogens with one attached hydrogen (secondary N) is 3. The summed E-state index contributed by atoms with van der Waals surface area (Å²) < 4.78 is 33.0. The molecule has 3 amide bonds. The van der Waals surface area contributed by atoms with Crippen molar-refractivity contribution in [3.8, 4) is 22.8 Å². The van der Waals surface area contributed by atoms with Gasteiger partial charge in [-0.05, 0) is 80.6 Å². The second kappa shape index (κ2) is 12.7. The van der Waals surface area contributed by atoms with Crippen molar-refractivity contribution in [1.29, 1.82) is 0 Å². The third-order valence-electron chi connectivity index (χ3n) is 9.06. The Morgan fingerprint density at radius 1 is 1.00 bits per heavy atom. The number of ketones is 1. The van der Waals surface area contributed by atoms with Crippen molar-refractivity contribution in [1.82, 2.24) is 19.7 Å². The lowest BCUT2D eigenvalue weighted by atomic mass is 10.0. The Balaban J connectivity index is 1.08. The van der Waals surface area contributed by atoms with E-state index in [0.717, 1.165) is 39.1 Å². The Hall–Kier alpha value is -5.57. The summed E-state index contributed by atoms with van der Waals surface area (Å²) in [5, 5.41) is 10.9. The molecule has 2 aliphatic rings. The number of aromatic amines is 1. The number of H-pyrrole nitrogens is 1. The first-order chi connectivity index (χ1) is 23.9. The number of methoxy groups -OCH3 is 1. The Kier molecular flexibility index (Phi) is 8.38. The molecule has 5 N–H and O–H groups in total. The fourth-order valence-corrected chi connectivity index (χ4v) is 7.53. The summed E-state index contributed by atoms with van der Waals surface area (Å²) in [5.41, 5.74) is 6.74. The Bertz CT molecular complexity index is 2210. The van der Waals surface area contributed by atoms with Crippen molar-refractivity contribution in [2.75, 3.05) is 42.3 Å². The number of urea groups is 1. The first-order valence-corrected chi connectivity index (χ1v) is 17.8. The normalized spacial score (nSPS) is 16.6. The van der Waals surface area contributed by atoms with Gasteiger partial charge in [0.1, 0.15) is 11.5 Å². The van der Waals surface area contributed by atoms with Crippen molar-refractivity contribution in [2.45, 2.75) is 13.8 Å². The van der Waals surface area contributed by atoms with Crippen LogP contribution in [0.5, 0.6) is 11.5 Å². The largest absolute Gasteiger partial charge is 0.497 e. The Labute approximate surface area is 289 Å². The van der Waals surface area contributed by atoms with Gasteiger partial charge < -0.3 is 30.0 Å². The lowest BCUT2D eigenvalue weighted by molar-refractivity contribution is 0.0767. The van der Waals surface area contributed by atoms with E-state index in [0.29, 0.717) is 34.0 Å². The molecule has 0 unspecified atom stereocenters. The lowest BCUT2D eigenvalue weighted by Crippen LogP contribution is -2.42. The molecule has 0 radical (unpaired) electrons. The summed E-state index contributed by atoms with van der Waals surface area (Å²) in [6.07, 6.45) is 1.73. The van der Waals surface area contributed by atoms with Gasteiger partial charge in [-0.1, -0.05) is 0 Å². The highest BCUT2D eigenvalue weighted by atomic mass is 32.3. The van der Waals surface area contributed by atoms with Crippen LogP contribution in [-0.4, -0.2) is 78.2 Å². The first-order valence-electron chi connectivity index (χ1n) is 15.9. The highest BCUT2D eigenvalue weighted by Gasteiger charge is 2.30. The standard InChI is InChI=1S/C36H36N6O7S/c1-20-32(21(2)41(3)40-20)33-27(26-18-25(48-4)10-11-29(26)39-33)19-31-34(43)28-17-24(9-12-30(28)49-31)38-36(45)37-23-7-5-22(6-8-23)35(44)42-13-15-50(46,47)16-14-42/h5-12,17-19,39,46-47H,13-16H2,1-4H3,(H2,37,38,45). The number of carbonyl (C=O) groups is 3. The smallest absolute Gasteiger partial charge is 0.323 e. The quantitative estimate of drug-likeness (QED) is 0.123. The van der Waals surface area contributed by atoms with E-state index < -0.39 is 16.6 Å². The van der Waals surface area contributed by atoms with Gasteiger partial charge in [-0.15, -0.1) is 0 Å². The maximum atomic E-state index is 13.7. The van der Waals surface area contributed by atoms with Crippen molar-refractivity contribution in [3.63, 3.8) is 0 Å². The summed E-state index contributed by atoms with van der Waals surface area (Å²) in [7, 11) is 0.886. The SMILES string of the molecule is COc1ccc2[nH]c(-c3c(C)nn(C)c3C)c(C=C3Oc4ccc(NC(=O)Nc5ccc(C(=O)N6CCS(O)(O)CC6)cc5)cc4C3=O)c2c1. The molecule has 0 bridgehead atoms. The average Bonchev–Trinajstić information content (AvgIpc) is 3.69. The van der Waals surface area contributed by atoms with Crippen LogP contribution in [0.2, 0.25) is 0 Å². The number of nitrogens with zero attached hydrogens (tertiary/aromatic N) is 3. The van der Waals surface area contributed by atoms with E-state index >= 15 is 0 Å². The Morgan fingerprint density at radius 2 is 1.70 bits per heavy atom. The van der Waals surface area contributed by atoms with Gasteiger partial charge in [-0.2, -0.15) is 15.7 Å². The number of rotatable bonds is 6. The third-order valence-corrected chi connectivity index (χ3v) is 10.7. The monoisotopic (exact) mass is 696 g/mol. The molecule has 2 aliphatic heterocycles. The number of amides is 3. The molecule has 258 valence electrons. The number of aryl methyl sites for hydroxylation is 2. The van der Waals surface area contributed by atoms with Gasteiger partial charge in [0.25, 0.3) is 5.91 Å². The molecule has 0 spiro atoms. The molecule has 1 saturated heterocycles. The van der Waals surface area contributed by atoms with Crippen LogP contribution >= 0.6 is 10.6 Å². The molecular formula is C36H36N6O7S. The molecule has 13 nitrogen and oxygen atoms in total. The van der Waals surface area contributed by atoms with E-state index in [1.807, 2.05) is 43.8 Å². The first kappa shape index (κ1) is 33.0. The van der Waals surface area contributed by atoms with Crippen LogP contribution in [0.15, 0.2) is 66.4 Å². The number of aromatic nitrogens is 3. The van der Waals surface area contributed by atoms with Crippen molar-refractivity contribution < 1.29 is 33.0 Å². The van der Waals surface area contributed by atoms with Crippen LogP contribution < -0.4 is 20.1 Å². The zero-order valence-corrected chi connectivity index (χ0v) is 28.7. The van der Waals surface area contributed by atoms with Crippen molar-refractivity contribution in [2.24, 2.45) is 7.05 Å². The van der Waals surface area contributed by atoms with Gasteiger partial charge in [0, 0.05) is 64.8 Å². The van der Waals surface area contributed by atoms with Crippen LogP contribution in [-0.2, 0) is 7.05 Å². The average molecular weight is 697 g/mol. The predicted molar refractivity (Wildman–Crippen MR) is 193 cm³/mol. The summed E-state index contributed by atoms with van der Waals surface area (Å²) in [4.78, 5) is 44.5. The molecule has 0 saturated carbocycles. The van der Waals surface area contributed by atoms with Gasteiger partial charge >= 0.3 is 6.03 Å². The molecule has 0 atom stereocenters. The lowest BCUT2D eigenvalue weighted by Gasteiger charge is -2.40. The van der Waals surface area contributed by atoms with Gasteiger partial charge in [0.05, 0.1) is 35.6 Å². The molecule has 3 aromatic carbocycles.